The van der Waals surface area contributed by atoms with Gasteiger partial charge in [0, 0.05) is 29.7 Å². The Labute approximate surface area is 107 Å². The number of nitrogens with zero attached hydrogens (tertiary/aromatic N) is 1. The molecule has 2 aromatic rings. The van der Waals surface area contributed by atoms with Crippen molar-refractivity contribution in [3.05, 3.63) is 46.7 Å². The smallest absolute Gasteiger partial charge is 0.226 e. The van der Waals surface area contributed by atoms with Crippen LogP contribution < -0.4 is 5.32 Å². The number of aromatic nitrogens is 2. The van der Waals surface area contributed by atoms with Crippen LogP contribution in [0.25, 0.3) is 0 Å². The lowest BCUT2D eigenvalue weighted by Gasteiger charge is -2.23. The van der Waals surface area contributed by atoms with Crippen molar-refractivity contribution in [3.8, 4) is 0 Å². The van der Waals surface area contributed by atoms with Crippen molar-refractivity contribution in [1.29, 1.82) is 0 Å². The van der Waals surface area contributed by atoms with Crippen LogP contribution in [0.2, 0.25) is 0 Å². The molecule has 19 heavy (non-hydrogen) atoms. The number of benzene rings is 1. The van der Waals surface area contributed by atoms with Crippen LogP contribution >= 0.6 is 0 Å². The fourth-order valence-corrected chi connectivity index (χ4v) is 2.48. The van der Waals surface area contributed by atoms with E-state index in [0.717, 1.165) is 17.3 Å². The van der Waals surface area contributed by atoms with E-state index in [0.29, 0.717) is 11.4 Å². The highest BCUT2D eigenvalue weighted by Gasteiger charge is 2.31. The first-order valence-electron chi connectivity index (χ1n) is 5.86. The van der Waals surface area contributed by atoms with Crippen LogP contribution in [0.4, 0.5) is 14.6 Å². The van der Waals surface area contributed by atoms with Gasteiger partial charge in [-0.15, -0.1) is 0 Å². The summed E-state index contributed by atoms with van der Waals surface area (Å²) >= 11 is 0. The number of hydrogen-bond acceptors (Lipinski definition) is 2. The predicted octanol–water partition coefficient (Wildman–Crippen LogP) is 2.47. The van der Waals surface area contributed by atoms with Gasteiger partial charge in [0.2, 0.25) is 5.91 Å². The standard InChI is InChI=1S/C13H11F2N3O/c1-6-12-9(5-11(19)16-13(12)18-17-6)8-3-2-7(14)4-10(8)15/h2-4,9H,5H2,1H3,(H2,16,17,18,19). The molecule has 1 aromatic carbocycles. The molecule has 1 unspecified atom stereocenters. The van der Waals surface area contributed by atoms with Gasteiger partial charge in [0.25, 0.3) is 0 Å². The molecular weight excluding hydrogens is 252 g/mol. The van der Waals surface area contributed by atoms with Crippen molar-refractivity contribution in [2.24, 2.45) is 0 Å². The van der Waals surface area contributed by atoms with Crippen LogP contribution in [-0.4, -0.2) is 16.1 Å². The molecule has 4 nitrogen and oxygen atoms in total. The van der Waals surface area contributed by atoms with Crippen molar-refractivity contribution < 1.29 is 13.6 Å². The zero-order valence-electron chi connectivity index (χ0n) is 10.1. The van der Waals surface area contributed by atoms with Gasteiger partial charge in [0.1, 0.15) is 11.6 Å². The number of nitrogens with one attached hydrogen (secondary N) is 2. The second-order valence-electron chi connectivity index (χ2n) is 4.58. The van der Waals surface area contributed by atoms with E-state index in [9.17, 15) is 13.6 Å². The first-order valence-corrected chi connectivity index (χ1v) is 5.86. The highest BCUT2D eigenvalue weighted by atomic mass is 19.1. The van der Waals surface area contributed by atoms with Gasteiger partial charge in [-0.25, -0.2) is 8.78 Å². The summed E-state index contributed by atoms with van der Waals surface area (Å²) in [7, 11) is 0. The molecule has 0 spiro atoms. The summed E-state index contributed by atoms with van der Waals surface area (Å²) in [6.45, 7) is 1.80. The number of aromatic amines is 1. The average molecular weight is 263 g/mol. The van der Waals surface area contributed by atoms with E-state index in [1.807, 2.05) is 0 Å². The molecule has 0 radical (unpaired) electrons. The maximum atomic E-state index is 13.9. The topological polar surface area (TPSA) is 57.8 Å². The van der Waals surface area contributed by atoms with Gasteiger partial charge in [0.05, 0.1) is 0 Å². The third kappa shape index (κ3) is 1.89. The number of carbonyl (C=O) groups is 1. The monoisotopic (exact) mass is 263 g/mol. The summed E-state index contributed by atoms with van der Waals surface area (Å²) in [6.07, 6.45) is 0.121. The van der Waals surface area contributed by atoms with Gasteiger partial charge >= 0.3 is 0 Å². The van der Waals surface area contributed by atoms with Crippen LogP contribution in [0.15, 0.2) is 18.2 Å². The highest BCUT2D eigenvalue weighted by molar-refractivity contribution is 5.94. The molecule has 1 amide bonds. The Morgan fingerprint density at radius 3 is 2.89 bits per heavy atom. The van der Waals surface area contributed by atoms with Crippen LogP contribution in [-0.2, 0) is 4.79 Å². The first-order chi connectivity index (χ1) is 9.06. The Kier molecular flexibility index (Phi) is 2.58. The number of aryl methyl sites for hydroxylation is 1. The highest BCUT2D eigenvalue weighted by Crippen LogP contribution is 2.38. The van der Waals surface area contributed by atoms with Crippen molar-refractivity contribution in [2.75, 3.05) is 5.32 Å². The molecule has 0 saturated carbocycles. The van der Waals surface area contributed by atoms with Gasteiger partial charge < -0.3 is 5.32 Å². The minimum Gasteiger partial charge on any atom is -0.309 e. The third-order valence-electron chi connectivity index (χ3n) is 3.33. The number of fused-ring (bicyclic) bond motifs is 1. The zero-order chi connectivity index (χ0) is 13.6. The second kappa shape index (κ2) is 4.15. The number of halogens is 2. The SMILES string of the molecule is Cc1[nH]nc2c1C(c1ccc(F)cc1F)CC(=O)N2. The number of amides is 1. The lowest BCUT2D eigenvalue weighted by atomic mass is 9.85. The molecule has 1 aliphatic heterocycles. The van der Waals surface area contributed by atoms with Crippen molar-refractivity contribution in [2.45, 2.75) is 19.3 Å². The van der Waals surface area contributed by atoms with Gasteiger partial charge in [-0.3, -0.25) is 9.89 Å². The molecule has 1 aromatic heterocycles. The maximum Gasteiger partial charge on any atom is 0.226 e. The van der Waals surface area contributed by atoms with E-state index in [1.54, 1.807) is 6.92 Å². The van der Waals surface area contributed by atoms with Gasteiger partial charge in [-0.1, -0.05) is 6.07 Å². The summed E-state index contributed by atoms with van der Waals surface area (Å²) in [5.74, 6) is -1.53. The summed E-state index contributed by atoms with van der Waals surface area (Å²) in [4.78, 5) is 11.6. The Bertz CT molecular complexity index is 666. The Morgan fingerprint density at radius 2 is 2.16 bits per heavy atom. The normalized spacial score (nSPS) is 18.1. The lowest BCUT2D eigenvalue weighted by Crippen LogP contribution is -2.24. The summed E-state index contributed by atoms with van der Waals surface area (Å²) in [6, 6.07) is 3.40. The summed E-state index contributed by atoms with van der Waals surface area (Å²) < 4.78 is 26.9. The van der Waals surface area contributed by atoms with Crippen LogP contribution in [0, 0.1) is 18.6 Å². The molecule has 2 N–H and O–H groups in total. The minimum atomic E-state index is -0.647. The third-order valence-corrected chi connectivity index (χ3v) is 3.33. The number of anilines is 1. The van der Waals surface area contributed by atoms with Crippen molar-refractivity contribution in [1.82, 2.24) is 10.2 Å². The second-order valence-corrected chi connectivity index (χ2v) is 4.58. The van der Waals surface area contributed by atoms with Crippen LogP contribution in [0.5, 0.6) is 0 Å². The number of hydrogen-bond donors (Lipinski definition) is 2. The molecule has 0 fully saturated rings. The Balaban J connectivity index is 2.14. The van der Waals surface area contributed by atoms with Crippen molar-refractivity contribution >= 4 is 11.7 Å². The average Bonchev–Trinajstić information content (AvgIpc) is 2.70. The number of carbonyl (C=O) groups excluding carboxylic acids is 1. The Hall–Kier alpha value is -2.24. The molecule has 1 atom stereocenters. The van der Waals surface area contributed by atoms with E-state index >= 15 is 0 Å². The van der Waals surface area contributed by atoms with Gasteiger partial charge in [-0.2, -0.15) is 5.10 Å². The van der Waals surface area contributed by atoms with E-state index in [4.69, 9.17) is 0 Å². The molecule has 0 bridgehead atoms. The quantitative estimate of drug-likeness (QED) is 0.830. The molecular formula is C13H11F2N3O. The molecule has 1 aliphatic rings. The molecule has 2 heterocycles. The number of rotatable bonds is 1. The van der Waals surface area contributed by atoms with Crippen molar-refractivity contribution in [3.63, 3.8) is 0 Å². The van der Waals surface area contributed by atoms with Crippen LogP contribution in [0.3, 0.4) is 0 Å². The lowest BCUT2D eigenvalue weighted by molar-refractivity contribution is -0.116. The summed E-state index contributed by atoms with van der Waals surface area (Å²) in [5.41, 5.74) is 1.83. The summed E-state index contributed by atoms with van der Waals surface area (Å²) in [5, 5.41) is 9.38. The first kappa shape index (κ1) is 11.8. The minimum absolute atomic E-state index is 0.121. The van der Waals surface area contributed by atoms with Crippen LogP contribution in [0.1, 0.15) is 29.2 Å². The maximum absolute atomic E-state index is 13.9. The molecule has 0 aliphatic carbocycles. The largest absolute Gasteiger partial charge is 0.309 e. The van der Waals surface area contributed by atoms with Gasteiger partial charge in [0.15, 0.2) is 5.82 Å². The van der Waals surface area contributed by atoms with E-state index < -0.39 is 17.6 Å². The molecule has 3 rings (SSSR count). The molecule has 6 heteroatoms. The molecule has 98 valence electrons. The van der Waals surface area contributed by atoms with Gasteiger partial charge in [-0.05, 0) is 18.6 Å². The fraction of sp³-hybridized carbons (Fsp3) is 0.231. The fourth-order valence-electron chi connectivity index (χ4n) is 2.48. The molecule has 0 saturated heterocycles. The zero-order valence-corrected chi connectivity index (χ0v) is 10.1. The Morgan fingerprint density at radius 1 is 1.37 bits per heavy atom. The number of H-pyrrole nitrogens is 1. The van der Waals surface area contributed by atoms with E-state index in [1.165, 1.54) is 12.1 Å². The predicted molar refractivity (Wildman–Crippen MR) is 64.8 cm³/mol. The van der Waals surface area contributed by atoms with E-state index in [2.05, 4.69) is 15.5 Å². The van der Waals surface area contributed by atoms with E-state index in [-0.39, 0.29) is 12.3 Å².